The van der Waals surface area contributed by atoms with E-state index >= 15 is 0 Å². The van der Waals surface area contributed by atoms with Gasteiger partial charge in [-0.05, 0) is 25.0 Å². The van der Waals surface area contributed by atoms with Crippen LogP contribution < -0.4 is 5.69 Å². The van der Waals surface area contributed by atoms with Crippen molar-refractivity contribution in [3.8, 4) is 11.3 Å². The van der Waals surface area contributed by atoms with Gasteiger partial charge in [0.1, 0.15) is 0 Å². The van der Waals surface area contributed by atoms with Gasteiger partial charge in [-0.1, -0.05) is 0 Å². The fraction of sp³-hybridized carbons (Fsp3) is 0.200. The summed E-state index contributed by atoms with van der Waals surface area (Å²) in [6.07, 6.45) is 4.82. The molecule has 0 saturated heterocycles. The summed E-state index contributed by atoms with van der Waals surface area (Å²) in [6.45, 7) is 3.82. The standard InChI is InChI=1S/C10H10N2O2/c1-6-3-11-10(13)12-9(6)8-5-14-4-7(8)2/h3-5H,1-2H3,(H,11,12,13). The third kappa shape index (κ3) is 1.35. The molecule has 0 atom stereocenters. The van der Waals surface area contributed by atoms with Crippen LogP contribution in [-0.4, -0.2) is 9.97 Å². The molecule has 2 aromatic heterocycles. The minimum atomic E-state index is -0.341. The summed E-state index contributed by atoms with van der Waals surface area (Å²) in [4.78, 5) is 17.4. The number of aryl methyl sites for hydroxylation is 2. The molecule has 2 aromatic rings. The smallest absolute Gasteiger partial charge is 0.345 e. The van der Waals surface area contributed by atoms with Gasteiger partial charge in [-0.25, -0.2) is 9.78 Å². The first-order valence-electron chi connectivity index (χ1n) is 4.27. The molecule has 0 aromatic carbocycles. The van der Waals surface area contributed by atoms with E-state index in [1.54, 1.807) is 18.7 Å². The number of H-pyrrole nitrogens is 1. The lowest BCUT2D eigenvalue weighted by molar-refractivity contribution is 0.566. The highest BCUT2D eigenvalue weighted by atomic mass is 16.3. The molecule has 2 heterocycles. The molecule has 1 N–H and O–H groups in total. The molecule has 0 amide bonds. The maximum absolute atomic E-state index is 11.1. The van der Waals surface area contributed by atoms with Crippen LogP contribution in [0.2, 0.25) is 0 Å². The lowest BCUT2D eigenvalue weighted by Crippen LogP contribution is -2.11. The maximum Gasteiger partial charge on any atom is 0.345 e. The van der Waals surface area contributed by atoms with Gasteiger partial charge in [0.2, 0.25) is 0 Å². The quantitative estimate of drug-likeness (QED) is 0.743. The second kappa shape index (κ2) is 3.14. The van der Waals surface area contributed by atoms with Crippen molar-refractivity contribution in [1.29, 1.82) is 0 Å². The summed E-state index contributed by atoms with van der Waals surface area (Å²) in [7, 11) is 0. The van der Waals surface area contributed by atoms with Crippen LogP contribution in [-0.2, 0) is 0 Å². The first-order valence-corrected chi connectivity index (χ1v) is 4.27. The molecule has 14 heavy (non-hydrogen) atoms. The van der Waals surface area contributed by atoms with Crippen molar-refractivity contribution in [3.63, 3.8) is 0 Å². The lowest BCUT2D eigenvalue weighted by atomic mass is 10.1. The molecule has 4 nitrogen and oxygen atoms in total. The summed E-state index contributed by atoms with van der Waals surface area (Å²) in [5.41, 5.74) is 3.26. The van der Waals surface area contributed by atoms with E-state index < -0.39 is 0 Å². The average molecular weight is 190 g/mol. The molecule has 0 spiro atoms. The van der Waals surface area contributed by atoms with Gasteiger partial charge in [-0.15, -0.1) is 0 Å². The number of nitrogens with one attached hydrogen (secondary N) is 1. The number of hydrogen-bond donors (Lipinski definition) is 1. The Morgan fingerprint density at radius 2 is 2.07 bits per heavy atom. The largest absolute Gasteiger partial charge is 0.472 e. The topological polar surface area (TPSA) is 58.9 Å². The van der Waals surface area contributed by atoms with Crippen molar-refractivity contribution >= 4 is 0 Å². The van der Waals surface area contributed by atoms with Gasteiger partial charge in [-0.2, -0.15) is 0 Å². The fourth-order valence-corrected chi connectivity index (χ4v) is 1.35. The molecule has 0 aliphatic carbocycles. The van der Waals surface area contributed by atoms with Crippen LogP contribution in [0.15, 0.2) is 27.9 Å². The van der Waals surface area contributed by atoms with E-state index in [9.17, 15) is 4.79 Å². The third-order valence-corrected chi connectivity index (χ3v) is 2.13. The van der Waals surface area contributed by atoms with Crippen molar-refractivity contribution in [1.82, 2.24) is 9.97 Å². The summed E-state index contributed by atoms with van der Waals surface area (Å²) < 4.78 is 5.05. The molecule has 0 unspecified atom stereocenters. The van der Waals surface area contributed by atoms with Crippen molar-refractivity contribution in [2.75, 3.05) is 0 Å². The molecule has 0 fully saturated rings. The first kappa shape index (κ1) is 8.74. The Balaban J connectivity index is 2.68. The van der Waals surface area contributed by atoms with Gasteiger partial charge in [0.15, 0.2) is 0 Å². The Morgan fingerprint density at radius 1 is 1.29 bits per heavy atom. The zero-order chi connectivity index (χ0) is 10.1. The van der Waals surface area contributed by atoms with Crippen LogP contribution in [0.4, 0.5) is 0 Å². The number of hydrogen-bond acceptors (Lipinski definition) is 3. The van der Waals surface area contributed by atoms with Gasteiger partial charge >= 0.3 is 5.69 Å². The van der Waals surface area contributed by atoms with E-state index in [0.717, 1.165) is 22.4 Å². The van der Waals surface area contributed by atoms with Crippen LogP contribution >= 0.6 is 0 Å². The fourth-order valence-electron chi connectivity index (χ4n) is 1.35. The van der Waals surface area contributed by atoms with Gasteiger partial charge in [0.25, 0.3) is 0 Å². The predicted octanol–water partition coefficient (Wildman–Crippen LogP) is 1.65. The average Bonchev–Trinajstić information content (AvgIpc) is 2.56. The highest BCUT2D eigenvalue weighted by Gasteiger charge is 2.07. The minimum Gasteiger partial charge on any atom is -0.472 e. The SMILES string of the molecule is Cc1cocc1-c1[nH]c(=O)ncc1C. The van der Waals surface area contributed by atoms with Gasteiger partial charge in [0.05, 0.1) is 18.2 Å². The van der Waals surface area contributed by atoms with E-state index in [0.29, 0.717) is 0 Å². The maximum atomic E-state index is 11.1. The molecule has 0 aliphatic rings. The number of aromatic nitrogens is 2. The summed E-state index contributed by atoms with van der Waals surface area (Å²) in [6, 6.07) is 0. The van der Waals surface area contributed by atoms with Crippen LogP contribution in [0.5, 0.6) is 0 Å². The van der Waals surface area contributed by atoms with Crippen LogP contribution in [0, 0.1) is 13.8 Å². The Labute approximate surface area is 80.6 Å². The number of furan rings is 1. The van der Waals surface area contributed by atoms with Crippen LogP contribution in [0.1, 0.15) is 11.1 Å². The Hall–Kier alpha value is -1.84. The lowest BCUT2D eigenvalue weighted by Gasteiger charge is -2.01. The summed E-state index contributed by atoms with van der Waals surface area (Å²) in [5.74, 6) is 0. The zero-order valence-corrected chi connectivity index (χ0v) is 8.00. The van der Waals surface area contributed by atoms with Gasteiger partial charge in [0, 0.05) is 11.8 Å². The minimum absolute atomic E-state index is 0.341. The molecule has 4 heteroatoms. The second-order valence-corrected chi connectivity index (χ2v) is 3.21. The molecule has 2 rings (SSSR count). The Bertz CT molecular complexity index is 511. The molecule has 0 bridgehead atoms. The first-order chi connectivity index (χ1) is 6.68. The van der Waals surface area contributed by atoms with E-state index in [1.807, 2.05) is 13.8 Å². The van der Waals surface area contributed by atoms with Gasteiger partial charge in [-0.3, -0.25) is 0 Å². The van der Waals surface area contributed by atoms with Crippen molar-refractivity contribution in [2.24, 2.45) is 0 Å². The van der Waals surface area contributed by atoms with E-state index in [4.69, 9.17) is 4.42 Å². The summed E-state index contributed by atoms with van der Waals surface area (Å²) >= 11 is 0. The van der Waals surface area contributed by atoms with Gasteiger partial charge < -0.3 is 9.40 Å². The Morgan fingerprint density at radius 3 is 2.71 bits per heavy atom. The van der Waals surface area contributed by atoms with E-state index in [1.165, 1.54) is 0 Å². The highest BCUT2D eigenvalue weighted by Crippen LogP contribution is 2.23. The third-order valence-electron chi connectivity index (χ3n) is 2.13. The molecule has 72 valence electrons. The van der Waals surface area contributed by atoms with E-state index in [-0.39, 0.29) is 5.69 Å². The normalized spacial score (nSPS) is 10.4. The highest BCUT2D eigenvalue weighted by molar-refractivity contribution is 5.64. The molecular formula is C10H10N2O2. The van der Waals surface area contributed by atoms with Crippen LogP contribution in [0.3, 0.4) is 0 Å². The molecule has 0 radical (unpaired) electrons. The number of aromatic amines is 1. The number of nitrogens with zero attached hydrogens (tertiary/aromatic N) is 1. The van der Waals surface area contributed by atoms with Crippen LogP contribution in [0.25, 0.3) is 11.3 Å². The number of rotatable bonds is 1. The molecule has 0 saturated carbocycles. The summed E-state index contributed by atoms with van der Waals surface area (Å²) in [5, 5.41) is 0. The van der Waals surface area contributed by atoms with Crippen molar-refractivity contribution < 1.29 is 4.42 Å². The molecule has 0 aliphatic heterocycles. The Kier molecular flexibility index (Phi) is 1.96. The molecular weight excluding hydrogens is 180 g/mol. The zero-order valence-electron chi connectivity index (χ0n) is 8.00. The van der Waals surface area contributed by atoms with E-state index in [2.05, 4.69) is 9.97 Å². The monoisotopic (exact) mass is 190 g/mol. The van der Waals surface area contributed by atoms with Crippen molar-refractivity contribution in [3.05, 3.63) is 40.3 Å². The second-order valence-electron chi connectivity index (χ2n) is 3.21. The van der Waals surface area contributed by atoms with Crippen molar-refractivity contribution in [2.45, 2.75) is 13.8 Å². The predicted molar refractivity (Wildman–Crippen MR) is 52.0 cm³/mol.